The van der Waals surface area contributed by atoms with E-state index >= 15 is 0 Å². The van der Waals surface area contributed by atoms with Crippen molar-refractivity contribution >= 4 is 5.96 Å². The van der Waals surface area contributed by atoms with Crippen LogP contribution in [0.2, 0.25) is 0 Å². The van der Waals surface area contributed by atoms with Crippen LogP contribution in [0.3, 0.4) is 0 Å². The second-order valence-electron chi connectivity index (χ2n) is 3.88. The third kappa shape index (κ3) is 3.86. The Hall–Kier alpha value is -1.62. The molecular formula is C11H19N5. The van der Waals surface area contributed by atoms with Crippen molar-refractivity contribution < 1.29 is 0 Å². The minimum Gasteiger partial charge on any atom is -0.370 e. The minimum atomic E-state index is -0.333. The van der Waals surface area contributed by atoms with Crippen molar-refractivity contribution in [3.8, 4) is 0 Å². The Bertz CT molecular complexity index is 320. The van der Waals surface area contributed by atoms with Gasteiger partial charge in [-0.3, -0.25) is 15.3 Å². The average molecular weight is 221 g/mol. The zero-order valence-electron chi connectivity index (χ0n) is 9.56. The molecule has 1 aliphatic rings. The highest BCUT2D eigenvalue weighted by Gasteiger charge is 2.21. The molecule has 2 rings (SSSR count). The van der Waals surface area contributed by atoms with Gasteiger partial charge in [0, 0.05) is 18.4 Å². The molecule has 1 saturated heterocycles. The Morgan fingerprint density at radius 3 is 2.69 bits per heavy atom. The number of nitrogens with two attached hydrogens (primary N) is 2. The van der Waals surface area contributed by atoms with Crippen LogP contribution in [0.1, 0.15) is 24.4 Å². The molecule has 16 heavy (non-hydrogen) atoms. The molecule has 0 radical (unpaired) electrons. The molecule has 1 unspecified atom stereocenters. The van der Waals surface area contributed by atoms with Gasteiger partial charge in [0.1, 0.15) is 0 Å². The second-order valence-corrected chi connectivity index (χ2v) is 3.88. The van der Waals surface area contributed by atoms with Crippen LogP contribution in [0.5, 0.6) is 0 Å². The SMILES string of the molecule is CN1CCCC1c1cccnc1.N=C(N)N. The lowest BCUT2D eigenvalue weighted by atomic mass is 10.1. The summed E-state index contributed by atoms with van der Waals surface area (Å²) in [6.45, 7) is 1.22. The first-order chi connectivity index (χ1) is 7.61. The number of nitrogens with one attached hydrogen (secondary N) is 1. The molecule has 2 heterocycles. The van der Waals surface area contributed by atoms with E-state index < -0.39 is 0 Å². The van der Waals surface area contributed by atoms with E-state index in [4.69, 9.17) is 5.41 Å². The summed E-state index contributed by atoms with van der Waals surface area (Å²) in [5.41, 5.74) is 10.3. The molecule has 0 spiro atoms. The molecule has 1 aromatic heterocycles. The molecular weight excluding hydrogens is 202 g/mol. The topological polar surface area (TPSA) is 92.0 Å². The van der Waals surface area contributed by atoms with Gasteiger partial charge < -0.3 is 11.5 Å². The normalized spacial score (nSPS) is 19.9. The van der Waals surface area contributed by atoms with Gasteiger partial charge in [0.2, 0.25) is 0 Å². The van der Waals surface area contributed by atoms with E-state index in [2.05, 4.69) is 34.5 Å². The van der Waals surface area contributed by atoms with E-state index in [1.54, 1.807) is 0 Å². The average Bonchev–Trinajstić information content (AvgIpc) is 2.65. The molecule has 0 aliphatic carbocycles. The maximum Gasteiger partial charge on any atom is 0.183 e. The third-order valence-electron chi connectivity index (χ3n) is 2.59. The second kappa shape index (κ2) is 6.07. The zero-order chi connectivity index (χ0) is 12.0. The van der Waals surface area contributed by atoms with Crippen molar-refractivity contribution in [3.63, 3.8) is 0 Å². The highest BCUT2D eigenvalue weighted by molar-refractivity contribution is 5.71. The van der Waals surface area contributed by atoms with E-state index in [1.807, 2.05) is 18.5 Å². The molecule has 1 aromatic rings. The highest BCUT2D eigenvalue weighted by Crippen LogP contribution is 2.29. The van der Waals surface area contributed by atoms with Gasteiger partial charge in [0.15, 0.2) is 5.96 Å². The van der Waals surface area contributed by atoms with Crippen LogP contribution in [0, 0.1) is 5.41 Å². The van der Waals surface area contributed by atoms with Crippen molar-refractivity contribution in [1.82, 2.24) is 9.88 Å². The van der Waals surface area contributed by atoms with Gasteiger partial charge in [-0.2, -0.15) is 0 Å². The summed E-state index contributed by atoms with van der Waals surface area (Å²) in [5.74, 6) is -0.333. The Morgan fingerprint density at radius 1 is 1.56 bits per heavy atom. The fraction of sp³-hybridized carbons (Fsp3) is 0.455. The van der Waals surface area contributed by atoms with Gasteiger partial charge in [-0.15, -0.1) is 0 Å². The summed E-state index contributed by atoms with van der Waals surface area (Å²) < 4.78 is 0. The Kier molecular flexibility index (Phi) is 4.72. The van der Waals surface area contributed by atoms with Gasteiger partial charge in [-0.05, 0) is 38.1 Å². The van der Waals surface area contributed by atoms with Crippen LogP contribution in [0.4, 0.5) is 0 Å². The molecule has 5 N–H and O–H groups in total. The van der Waals surface area contributed by atoms with Gasteiger partial charge >= 0.3 is 0 Å². The molecule has 0 saturated carbocycles. The summed E-state index contributed by atoms with van der Waals surface area (Å²) in [6, 6.07) is 4.79. The van der Waals surface area contributed by atoms with Gasteiger partial charge in [-0.25, -0.2) is 0 Å². The molecule has 88 valence electrons. The van der Waals surface area contributed by atoms with E-state index in [1.165, 1.54) is 24.9 Å². The van der Waals surface area contributed by atoms with Crippen LogP contribution in [-0.4, -0.2) is 29.4 Å². The summed E-state index contributed by atoms with van der Waals surface area (Å²) in [6.07, 6.45) is 6.41. The first-order valence-electron chi connectivity index (χ1n) is 5.31. The number of hydrogen-bond donors (Lipinski definition) is 3. The first-order valence-corrected chi connectivity index (χ1v) is 5.31. The van der Waals surface area contributed by atoms with Crippen molar-refractivity contribution in [3.05, 3.63) is 30.1 Å². The maximum absolute atomic E-state index is 6.06. The van der Waals surface area contributed by atoms with Crippen LogP contribution in [0.15, 0.2) is 24.5 Å². The smallest absolute Gasteiger partial charge is 0.183 e. The fourth-order valence-electron chi connectivity index (χ4n) is 1.90. The van der Waals surface area contributed by atoms with Crippen molar-refractivity contribution in [2.75, 3.05) is 13.6 Å². The molecule has 1 fully saturated rings. The van der Waals surface area contributed by atoms with Gasteiger partial charge in [-0.1, -0.05) is 6.07 Å². The largest absolute Gasteiger partial charge is 0.370 e. The Balaban J connectivity index is 0.000000280. The predicted octanol–water partition coefficient (Wildman–Crippen LogP) is 0.687. The van der Waals surface area contributed by atoms with Crippen LogP contribution >= 0.6 is 0 Å². The molecule has 0 amide bonds. The molecule has 1 aliphatic heterocycles. The molecule has 1 atom stereocenters. The molecule has 0 aromatic carbocycles. The first kappa shape index (κ1) is 12.4. The van der Waals surface area contributed by atoms with Gasteiger partial charge in [0.25, 0.3) is 0 Å². The summed E-state index contributed by atoms with van der Waals surface area (Å²) in [7, 11) is 2.19. The number of pyridine rings is 1. The molecule has 0 bridgehead atoms. The third-order valence-corrected chi connectivity index (χ3v) is 2.59. The Morgan fingerprint density at radius 2 is 2.25 bits per heavy atom. The van der Waals surface area contributed by atoms with Crippen LogP contribution in [-0.2, 0) is 0 Å². The highest BCUT2D eigenvalue weighted by atomic mass is 15.1. The lowest BCUT2D eigenvalue weighted by Crippen LogP contribution is -2.20. The predicted molar refractivity (Wildman–Crippen MR) is 64.9 cm³/mol. The standard InChI is InChI=1S/C10H14N2.CH5N3/c1-12-7-3-5-10(12)9-4-2-6-11-8-9;2-1(3)4/h2,4,6,8,10H,3,5,7H2,1H3;(H5,2,3,4). The van der Waals surface area contributed by atoms with Crippen molar-refractivity contribution in [2.45, 2.75) is 18.9 Å². The molecule has 5 nitrogen and oxygen atoms in total. The number of hydrogen-bond acceptors (Lipinski definition) is 3. The summed E-state index contributed by atoms with van der Waals surface area (Å²) >= 11 is 0. The lowest BCUT2D eigenvalue weighted by molar-refractivity contribution is 0.317. The summed E-state index contributed by atoms with van der Waals surface area (Å²) in [4.78, 5) is 6.54. The van der Waals surface area contributed by atoms with Gasteiger partial charge in [0.05, 0.1) is 0 Å². The lowest BCUT2D eigenvalue weighted by Gasteiger charge is -2.18. The monoisotopic (exact) mass is 221 g/mol. The van der Waals surface area contributed by atoms with Crippen LogP contribution < -0.4 is 11.5 Å². The number of likely N-dealkylation sites (tertiary alicyclic amines) is 1. The summed E-state index contributed by atoms with van der Waals surface area (Å²) in [5, 5.41) is 6.06. The van der Waals surface area contributed by atoms with E-state index in [0.29, 0.717) is 6.04 Å². The van der Waals surface area contributed by atoms with E-state index in [0.717, 1.165) is 0 Å². The van der Waals surface area contributed by atoms with Crippen molar-refractivity contribution in [2.24, 2.45) is 11.5 Å². The number of guanidine groups is 1. The van der Waals surface area contributed by atoms with Crippen molar-refractivity contribution in [1.29, 1.82) is 5.41 Å². The fourth-order valence-corrected chi connectivity index (χ4v) is 1.90. The number of aromatic nitrogens is 1. The number of nitrogens with zero attached hydrogens (tertiary/aromatic N) is 2. The van der Waals surface area contributed by atoms with E-state index in [-0.39, 0.29) is 5.96 Å². The minimum absolute atomic E-state index is 0.333. The quantitative estimate of drug-likeness (QED) is 0.480. The zero-order valence-corrected chi connectivity index (χ0v) is 9.56. The molecule has 5 heteroatoms. The number of rotatable bonds is 1. The maximum atomic E-state index is 6.06. The van der Waals surface area contributed by atoms with E-state index in [9.17, 15) is 0 Å². The Labute approximate surface area is 96.0 Å². The van der Waals surface area contributed by atoms with Crippen LogP contribution in [0.25, 0.3) is 0 Å².